The van der Waals surface area contributed by atoms with Gasteiger partial charge in [-0.25, -0.2) is 0 Å². The first-order chi connectivity index (χ1) is 11.0. The van der Waals surface area contributed by atoms with E-state index in [4.69, 9.17) is 9.05 Å². The maximum absolute atomic E-state index is 12.7. The molecule has 0 bridgehead atoms. The van der Waals surface area contributed by atoms with Crippen LogP contribution in [0.15, 0.2) is 54.6 Å². The van der Waals surface area contributed by atoms with Crippen LogP contribution in [-0.4, -0.2) is 19.4 Å². The Bertz CT molecular complexity index is 696. The summed E-state index contributed by atoms with van der Waals surface area (Å²) in [6, 6.07) is 18.5. The highest BCUT2D eigenvalue weighted by atomic mass is 31.2. The fraction of sp³-hybridized carbons (Fsp3) is 0.368. The predicted octanol–water partition coefficient (Wildman–Crippen LogP) is 5.16. The molecule has 0 aliphatic carbocycles. The topological polar surface area (TPSA) is 35.5 Å². The van der Waals surface area contributed by atoms with Gasteiger partial charge in [0.05, 0.1) is 19.4 Å². The van der Waals surface area contributed by atoms with Crippen LogP contribution in [0.3, 0.4) is 0 Å². The van der Waals surface area contributed by atoms with E-state index in [9.17, 15) is 4.57 Å². The molecule has 1 heterocycles. The number of benzene rings is 2. The molecule has 3 nitrogen and oxygen atoms in total. The third kappa shape index (κ3) is 4.11. The molecule has 122 valence electrons. The van der Waals surface area contributed by atoms with E-state index in [1.165, 1.54) is 16.7 Å². The molecule has 0 radical (unpaired) electrons. The van der Waals surface area contributed by atoms with Crippen molar-refractivity contribution in [2.45, 2.75) is 20.3 Å². The Labute approximate surface area is 138 Å². The maximum Gasteiger partial charge on any atom is 0.331 e. The van der Waals surface area contributed by atoms with Gasteiger partial charge in [-0.15, -0.1) is 0 Å². The molecule has 1 saturated heterocycles. The minimum Gasteiger partial charge on any atom is -0.308 e. The summed E-state index contributed by atoms with van der Waals surface area (Å²) in [5, 5.41) is 0. The van der Waals surface area contributed by atoms with E-state index in [2.05, 4.69) is 38.1 Å². The molecule has 4 heteroatoms. The van der Waals surface area contributed by atoms with Crippen LogP contribution in [0.2, 0.25) is 0 Å². The van der Waals surface area contributed by atoms with Gasteiger partial charge in [0, 0.05) is 5.41 Å². The van der Waals surface area contributed by atoms with Crippen LogP contribution in [0, 0.1) is 5.41 Å². The Morgan fingerprint density at radius 1 is 0.957 bits per heavy atom. The van der Waals surface area contributed by atoms with Gasteiger partial charge in [-0.2, -0.15) is 0 Å². The highest BCUT2D eigenvalue weighted by Crippen LogP contribution is 2.54. The number of aryl methyl sites for hydroxylation is 1. The lowest BCUT2D eigenvalue weighted by Gasteiger charge is -2.34. The third-order valence-electron chi connectivity index (χ3n) is 4.06. The first-order valence-corrected chi connectivity index (χ1v) is 9.72. The average Bonchev–Trinajstić information content (AvgIpc) is 2.57. The molecular formula is C19H23O3P. The highest BCUT2D eigenvalue weighted by Gasteiger charge is 2.36. The van der Waals surface area contributed by atoms with Crippen LogP contribution in [-0.2, 0) is 20.0 Å². The van der Waals surface area contributed by atoms with Crippen molar-refractivity contribution in [3.8, 4) is 11.1 Å². The van der Waals surface area contributed by atoms with Gasteiger partial charge in [-0.3, -0.25) is 4.57 Å². The van der Waals surface area contributed by atoms with E-state index in [1.54, 1.807) is 0 Å². The molecule has 0 spiro atoms. The van der Waals surface area contributed by atoms with Crippen molar-refractivity contribution >= 4 is 7.60 Å². The summed E-state index contributed by atoms with van der Waals surface area (Å²) in [6.07, 6.45) is 1.11. The summed E-state index contributed by atoms with van der Waals surface area (Å²) in [6.45, 7) is 5.09. The van der Waals surface area contributed by atoms with Gasteiger partial charge < -0.3 is 9.05 Å². The van der Waals surface area contributed by atoms with Crippen molar-refractivity contribution < 1.29 is 13.6 Å². The SMILES string of the molecule is CC1(C)COP(=O)(CCc2ccccc2-c2ccccc2)OC1. The fourth-order valence-electron chi connectivity index (χ4n) is 2.65. The molecule has 2 aromatic carbocycles. The standard InChI is InChI=1S/C19H23O3P/c1-19(2)14-21-23(20,22-15-19)13-12-17-10-6-7-11-18(17)16-8-4-3-5-9-16/h3-11H,12-15H2,1-2H3. The number of hydrogen-bond donors (Lipinski definition) is 0. The summed E-state index contributed by atoms with van der Waals surface area (Å²) in [7, 11) is -2.97. The van der Waals surface area contributed by atoms with Crippen LogP contribution in [0.4, 0.5) is 0 Å². The van der Waals surface area contributed by atoms with Crippen molar-refractivity contribution in [3.63, 3.8) is 0 Å². The third-order valence-corrected chi connectivity index (χ3v) is 5.88. The Morgan fingerprint density at radius 2 is 1.57 bits per heavy atom. The van der Waals surface area contributed by atoms with Crippen LogP contribution in [0.1, 0.15) is 19.4 Å². The van der Waals surface area contributed by atoms with Crippen LogP contribution in [0.5, 0.6) is 0 Å². The molecule has 1 aliphatic heterocycles. The highest BCUT2D eigenvalue weighted by molar-refractivity contribution is 7.53. The van der Waals surface area contributed by atoms with Gasteiger partial charge in [-0.1, -0.05) is 68.4 Å². The van der Waals surface area contributed by atoms with E-state index >= 15 is 0 Å². The van der Waals surface area contributed by atoms with Crippen LogP contribution in [0.25, 0.3) is 11.1 Å². The van der Waals surface area contributed by atoms with Crippen molar-refractivity contribution in [2.75, 3.05) is 19.4 Å². The van der Waals surface area contributed by atoms with E-state index in [0.29, 0.717) is 25.8 Å². The van der Waals surface area contributed by atoms with Crippen molar-refractivity contribution in [2.24, 2.45) is 5.41 Å². The molecular weight excluding hydrogens is 307 g/mol. The first kappa shape index (κ1) is 16.4. The minimum absolute atomic E-state index is 0.0597. The molecule has 3 rings (SSSR count). The van der Waals surface area contributed by atoms with E-state index in [-0.39, 0.29) is 5.41 Å². The lowest BCUT2D eigenvalue weighted by Crippen LogP contribution is -2.30. The van der Waals surface area contributed by atoms with Crippen molar-refractivity contribution in [1.29, 1.82) is 0 Å². The average molecular weight is 330 g/mol. The van der Waals surface area contributed by atoms with Crippen molar-refractivity contribution in [1.82, 2.24) is 0 Å². The molecule has 23 heavy (non-hydrogen) atoms. The monoisotopic (exact) mass is 330 g/mol. The second kappa shape index (κ2) is 6.60. The summed E-state index contributed by atoms with van der Waals surface area (Å²) < 4.78 is 23.9. The molecule has 0 saturated carbocycles. The van der Waals surface area contributed by atoms with Crippen molar-refractivity contribution in [3.05, 3.63) is 60.2 Å². The molecule has 1 aliphatic rings. The van der Waals surface area contributed by atoms with E-state index in [0.717, 1.165) is 0 Å². The van der Waals surface area contributed by atoms with Gasteiger partial charge in [0.25, 0.3) is 0 Å². The quantitative estimate of drug-likeness (QED) is 0.726. The zero-order valence-corrected chi connectivity index (χ0v) is 14.6. The molecule has 2 aromatic rings. The fourth-order valence-corrected chi connectivity index (χ4v) is 4.59. The van der Waals surface area contributed by atoms with Gasteiger partial charge in [-0.05, 0) is 23.1 Å². The lowest BCUT2D eigenvalue weighted by molar-refractivity contribution is 0.0416. The summed E-state index contributed by atoms with van der Waals surface area (Å²) >= 11 is 0. The second-order valence-corrected chi connectivity index (χ2v) is 9.00. The summed E-state index contributed by atoms with van der Waals surface area (Å²) in [5.41, 5.74) is 3.46. The Kier molecular flexibility index (Phi) is 4.72. The zero-order chi connectivity index (χ0) is 16.3. The lowest BCUT2D eigenvalue weighted by atomic mass is 9.97. The van der Waals surface area contributed by atoms with Gasteiger partial charge in [0.15, 0.2) is 0 Å². The smallest absolute Gasteiger partial charge is 0.308 e. The zero-order valence-electron chi connectivity index (χ0n) is 13.7. The van der Waals surface area contributed by atoms with Gasteiger partial charge in [0.2, 0.25) is 0 Å². The summed E-state index contributed by atoms with van der Waals surface area (Å²) in [5.74, 6) is 0. The van der Waals surface area contributed by atoms with Gasteiger partial charge in [0.1, 0.15) is 0 Å². The van der Waals surface area contributed by atoms with E-state index in [1.807, 2.05) is 30.3 Å². The predicted molar refractivity (Wildman–Crippen MR) is 93.7 cm³/mol. The molecule has 0 aromatic heterocycles. The first-order valence-electron chi connectivity index (χ1n) is 7.99. The normalized spacial score (nSPS) is 19.4. The molecule has 0 atom stereocenters. The Balaban J connectivity index is 1.73. The molecule has 0 unspecified atom stereocenters. The largest absolute Gasteiger partial charge is 0.331 e. The molecule has 0 N–H and O–H groups in total. The number of rotatable bonds is 4. The minimum atomic E-state index is -2.97. The summed E-state index contributed by atoms with van der Waals surface area (Å²) in [4.78, 5) is 0. The van der Waals surface area contributed by atoms with Crippen LogP contribution < -0.4 is 0 Å². The molecule has 1 fully saturated rings. The number of hydrogen-bond acceptors (Lipinski definition) is 3. The second-order valence-electron chi connectivity index (χ2n) is 6.82. The van der Waals surface area contributed by atoms with E-state index < -0.39 is 7.60 Å². The van der Waals surface area contributed by atoms with Crippen LogP contribution >= 0.6 is 7.60 Å². The maximum atomic E-state index is 12.7. The Hall–Kier alpha value is -1.41. The molecule has 0 amide bonds. The van der Waals surface area contributed by atoms with Gasteiger partial charge >= 0.3 is 7.60 Å². The Morgan fingerprint density at radius 3 is 2.26 bits per heavy atom.